The Balaban J connectivity index is 1.95. The van der Waals surface area contributed by atoms with Crippen molar-refractivity contribution in [2.24, 2.45) is 0 Å². The van der Waals surface area contributed by atoms with Crippen molar-refractivity contribution in [3.8, 4) is 5.75 Å². The largest absolute Gasteiger partial charge is 0.492 e. The third-order valence-electron chi connectivity index (χ3n) is 3.99. The highest BCUT2D eigenvalue weighted by molar-refractivity contribution is 9.11. The van der Waals surface area contributed by atoms with Crippen molar-refractivity contribution in [3.63, 3.8) is 0 Å². The zero-order valence-electron chi connectivity index (χ0n) is 12.8. The van der Waals surface area contributed by atoms with Crippen LogP contribution in [-0.2, 0) is 6.54 Å². The van der Waals surface area contributed by atoms with E-state index in [1.54, 1.807) is 0 Å². The van der Waals surface area contributed by atoms with E-state index >= 15 is 0 Å². The summed E-state index contributed by atoms with van der Waals surface area (Å²) in [6.45, 7) is 5.78. The third-order valence-corrected chi connectivity index (χ3v) is 5.04. The fraction of sp³-hybridized carbons (Fsp3) is 0.625. The van der Waals surface area contributed by atoms with Crippen molar-refractivity contribution in [2.45, 2.75) is 38.8 Å². The van der Waals surface area contributed by atoms with Gasteiger partial charge in [-0.3, -0.25) is 0 Å². The molecule has 118 valence electrons. The minimum atomic E-state index is 0.657. The van der Waals surface area contributed by atoms with Gasteiger partial charge in [0.25, 0.3) is 0 Å². The van der Waals surface area contributed by atoms with Gasteiger partial charge in [-0.2, -0.15) is 0 Å². The second-order valence-corrected chi connectivity index (χ2v) is 7.34. The standard InChI is InChI=1S/C16H24Br2N2O/c1-3-21-16-12(8-13(17)9-15(16)18)10-19-11-14-6-4-5-7-20(14)2/h8-9,14,19H,3-7,10-11H2,1-2H3. The number of piperidine rings is 1. The number of benzene rings is 1. The number of halogens is 2. The molecular formula is C16H24Br2N2O. The molecule has 1 saturated heterocycles. The molecule has 21 heavy (non-hydrogen) atoms. The number of nitrogens with one attached hydrogen (secondary N) is 1. The SMILES string of the molecule is CCOc1c(Br)cc(Br)cc1CNCC1CCCCN1C. The summed E-state index contributed by atoms with van der Waals surface area (Å²) >= 11 is 7.14. The van der Waals surface area contributed by atoms with Crippen LogP contribution in [0.2, 0.25) is 0 Å². The van der Waals surface area contributed by atoms with E-state index in [1.807, 2.05) is 13.0 Å². The van der Waals surface area contributed by atoms with E-state index in [2.05, 4.69) is 55.2 Å². The van der Waals surface area contributed by atoms with Gasteiger partial charge in [0.15, 0.2) is 0 Å². The van der Waals surface area contributed by atoms with E-state index in [9.17, 15) is 0 Å². The number of rotatable bonds is 6. The number of hydrogen-bond acceptors (Lipinski definition) is 3. The summed E-state index contributed by atoms with van der Waals surface area (Å²) in [6.07, 6.45) is 3.98. The Kier molecular flexibility index (Phi) is 6.99. The molecule has 0 bridgehead atoms. The van der Waals surface area contributed by atoms with Crippen LogP contribution in [-0.4, -0.2) is 37.7 Å². The van der Waals surface area contributed by atoms with Crippen molar-refractivity contribution in [1.82, 2.24) is 10.2 Å². The summed E-state index contributed by atoms with van der Waals surface area (Å²) in [5, 5.41) is 3.59. The maximum absolute atomic E-state index is 5.77. The van der Waals surface area contributed by atoms with Crippen LogP contribution in [0.5, 0.6) is 5.75 Å². The predicted molar refractivity (Wildman–Crippen MR) is 95.0 cm³/mol. The monoisotopic (exact) mass is 418 g/mol. The van der Waals surface area contributed by atoms with Gasteiger partial charge in [-0.15, -0.1) is 0 Å². The molecule has 1 aliphatic rings. The molecule has 0 saturated carbocycles. The lowest BCUT2D eigenvalue weighted by molar-refractivity contribution is 0.181. The summed E-state index contributed by atoms with van der Waals surface area (Å²) < 4.78 is 7.85. The molecule has 1 atom stereocenters. The van der Waals surface area contributed by atoms with Gasteiger partial charge in [0, 0.05) is 29.2 Å². The van der Waals surface area contributed by atoms with Gasteiger partial charge >= 0.3 is 0 Å². The Morgan fingerprint density at radius 3 is 2.86 bits per heavy atom. The molecule has 0 aromatic heterocycles. The van der Waals surface area contributed by atoms with E-state index in [4.69, 9.17) is 4.74 Å². The number of ether oxygens (including phenoxy) is 1. The molecule has 1 N–H and O–H groups in total. The van der Waals surface area contributed by atoms with E-state index in [-0.39, 0.29) is 0 Å². The molecule has 0 amide bonds. The van der Waals surface area contributed by atoms with Gasteiger partial charge in [0.2, 0.25) is 0 Å². The number of likely N-dealkylation sites (tertiary alicyclic amines) is 1. The van der Waals surface area contributed by atoms with E-state index in [1.165, 1.54) is 31.4 Å². The molecule has 1 heterocycles. The normalized spacial score (nSPS) is 19.7. The number of hydrogen-bond donors (Lipinski definition) is 1. The maximum Gasteiger partial charge on any atom is 0.138 e. The Morgan fingerprint density at radius 2 is 2.14 bits per heavy atom. The number of likely N-dealkylation sites (N-methyl/N-ethyl adjacent to an activating group) is 1. The first kappa shape index (κ1) is 17.3. The summed E-state index contributed by atoms with van der Waals surface area (Å²) in [4.78, 5) is 2.47. The predicted octanol–water partition coefficient (Wildman–Crippen LogP) is 4.18. The van der Waals surface area contributed by atoms with Crippen LogP contribution in [0.15, 0.2) is 21.1 Å². The highest BCUT2D eigenvalue weighted by Gasteiger charge is 2.18. The minimum Gasteiger partial charge on any atom is -0.492 e. The molecule has 1 unspecified atom stereocenters. The minimum absolute atomic E-state index is 0.657. The van der Waals surface area contributed by atoms with Gasteiger partial charge in [-0.1, -0.05) is 22.4 Å². The molecule has 1 aromatic carbocycles. The van der Waals surface area contributed by atoms with Gasteiger partial charge in [0.1, 0.15) is 5.75 Å². The van der Waals surface area contributed by atoms with Crippen LogP contribution in [0.4, 0.5) is 0 Å². The van der Waals surface area contributed by atoms with Crippen LogP contribution in [0.3, 0.4) is 0 Å². The second-order valence-electron chi connectivity index (χ2n) is 5.57. The smallest absolute Gasteiger partial charge is 0.138 e. The fourth-order valence-electron chi connectivity index (χ4n) is 2.83. The first-order chi connectivity index (χ1) is 10.1. The Hall–Kier alpha value is -0.100. The first-order valence-corrected chi connectivity index (χ1v) is 9.22. The number of nitrogens with zero attached hydrogens (tertiary/aromatic N) is 1. The quantitative estimate of drug-likeness (QED) is 0.748. The lowest BCUT2D eigenvalue weighted by atomic mass is 10.0. The average molecular weight is 420 g/mol. The first-order valence-electron chi connectivity index (χ1n) is 7.63. The van der Waals surface area contributed by atoms with Gasteiger partial charge in [-0.25, -0.2) is 0 Å². The lowest BCUT2D eigenvalue weighted by Crippen LogP contribution is -2.42. The van der Waals surface area contributed by atoms with Crippen molar-refractivity contribution in [1.29, 1.82) is 0 Å². The highest BCUT2D eigenvalue weighted by atomic mass is 79.9. The molecule has 0 aliphatic carbocycles. The molecular weight excluding hydrogens is 396 g/mol. The fourth-order valence-corrected chi connectivity index (χ4v) is 4.25. The van der Waals surface area contributed by atoms with Crippen LogP contribution in [0, 0.1) is 0 Å². The molecule has 1 aromatic rings. The van der Waals surface area contributed by atoms with E-state index in [0.29, 0.717) is 12.6 Å². The van der Waals surface area contributed by atoms with Crippen molar-refractivity contribution >= 4 is 31.9 Å². The zero-order valence-corrected chi connectivity index (χ0v) is 16.0. The summed E-state index contributed by atoms with van der Waals surface area (Å²) in [6, 6.07) is 4.82. The van der Waals surface area contributed by atoms with Crippen molar-refractivity contribution < 1.29 is 4.74 Å². The summed E-state index contributed by atoms with van der Waals surface area (Å²) in [5.41, 5.74) is 1.19. The molecule has 1 aliphatic heterocycles. The Bertz CT molecular complexity index is 468. The van der Waals surface area contributed by atoms with E-state index < -0.39 is 0 Å². The summed E-state index contributed by atoms with van der Waals surface area (Å²) in [5.74, 6) is 0.949. The molecule has 0 spiro atoms. The van der Waals surface area contributed by atoms with Crippen LogP contribution < -0.4 is 10.1 Å². The van der Waals surface area contributed by atoms with Gasteiger partial charge in [0.05, 0.1) is 11.1 Å². The van der Waals surface area contributed by atoms with Crippen molar-refractivity contribution in [3.05, 3.63) is 26.6 Å². The zero-order chi connectivity index (χ0) is 15.2. The van der Waals surface area contributed by atoms with Crippen LogP contribution in [0.1, 0.15) is 31.7 Å². The average Bonchev–Trinajstić information content (AvgIpc) is 2.44. The highest BCUT2D eigenvalue weighted by Crippen LogP contribution is 2.33. The topological polar surface area (TPSA) is 24.5 Å². The second kappa shape index (κ2) is 8.51. The van der Waals surface area contributed by atoms with Gasteiger partial charge < -0.3 is 15.0 Å². The maximum atomic E-state index is 5.77. The third kappa shape index (κ3) is 4.95. The molecule has 1 fully saturated rings. The Morgan fingerprint density at radius 1 is 1.33 bits per heavy atom. The molecule has 2 rings (SSSR count). The van der Waals surface area contributed by atoms with Crippen molar-refractivity contribution in [2.75, 3.05) is 26.7 Å². The molecule has 0 radical (unpaired) electrons. The lowest BCUT2D eigenvalue weighted by Gasteiger charge is -2.32. The van der Waals surface area contributed by atoms with Crippen LogP contribution >= 0.6 is 31.9 Å². The van der Waals surface area contributed by atoms with E-state index in [0.717, 1.165) is 27.8 Å². The van der Waals surface area contributed by atoms with Crippen LogP contribution in [0.25, 0.3) is 0 Å². The molecule has 5 heteroatoms. The van der Waals surface area contributed by atoms with Gasteiger partial charge in [-0.05, 0) is 61.4 Å². The summed E-state index contributed by atoms with van der Waals surface area (Å²) in [7, 11) is 2.23. The Labute approximate surface area is 144 Å². The molecule has 3 nitrogen and oxygen atoms in total.